The number of hydrazone groups is 1. The highest BCUT2D eigenvalue weighted by atomic mass is 16.5. The molecule has 0 aromatic carbocycles. The maximum absolute atomic E-state index is 12.0. The van der Waals surface area contributed by atoms with Gasteiger partial charge in [-0.1, -0.05) is 5.16 Å². The number of carbonyl (C=O) groups is 1. The fourth-order valence-electron chi connectivity index (χ4n) is 2.36. The summed E-state index contributed by atoms with van der Waals surface area (Å²) < 4.78 is 5.08. The van der Waals surface area contributed by atoms with Crippen LogP contribution in [-0.4, -0.2) is 40.8 Å². The van der Waals surface area contributed by atoms with E-state index in [-0.39, 0.29) is 5.91 Å². The summed E-state index contributed by atoms with van der Waals surface area (Å²) in [7, 11) is 4.04. The molecule has 3 heterocycles. The predicted molar refractivity (Wildman–Crippen MR) is 82.1 cm³/mol. The van der Waals surface area contributed by atoms with E-state index in [1.165, 1.54) is 11.8 Å². The summed E-state index contributed by atoms with van der Waals surface area (Å²) in [4.78, 5) is 17.3. The molecule has 7 heteroatoms. The third kappa shape index (κ3) is 2.71. The van der Waals surface area contributed by atoms with Gasteiger partial charge in [-0.25, -0.2) is 5.43 Å². The highest BCUT2D eigenvalue weighted by Crippen LogP contribution is 2.19. The molecular weight excluding hydrogens is 282 g/mol. The van der Waals surface area contributed by atoms with E-state index in [1.807, 2.05) is 27.1 Å². The maximum Gasteiger partial charge on any atom is 0.273 e. The van der Waals surface area contributed by atoms with Gasteiger partial charge >= 0.3 is 0 Å². The number of H-pyrrole nitrogens is 1. The first-order chi connectivity index (χ1) is 10.5. The van der Waals surface area contributed by atoms with E-state index in [0.717, 1.165) is 17.9 Å². The molecule has 3 rings (SSSR count). The standard InChI is InChI=1S/C15H17N5O2/c1-9-10(8-20(2)3)6-11(17-9)7-12-14(18-19-15(12)21)13-4-5-16-22-13/h4-7,17H,8H2,1-3H3,(H,19,21). The lowest BCUT2D eigenvalue weighted by molar-refractivity contribution is -0.116. The zero-order chi connectivity index (χ0) is 15.7. The Balaban J connectivity index is 1.93. The van der Waals surface area contributed by atoms with Crippen molar-refractivity contribution >= 4 is 17.7 Å². The molecular formula is C15H17N5O2. The van der Waals surface area contributed by atoms with Crippen molar-refractivity contribution in [1.29, 1.82) is 0 Å². The fraction of sp³-hybridized carbons (Fsp3) is 0.267. The van der Waals surface area contributed by atoms with Crippen molar-refractivity contribution in [2.45, 2.75) is 13.5 Å². The molecule has 0 saturated carbocycles. The summed E-state index contributed by atoms with van der Waals surface area (Å²) >= 11 is 0. The molecule has 0 spiro atoms. The molecule has 7 nitrogen and oxygen atoms in total. The number of carbonyl (C=O) groups excluding carboxylic acids is 1. The second-order valence-electron chi connectivity index (χ2n) is 5.45. The second kappa shape index (κ2) is 5.61. The average Bonchev–Trinajstić information content (AvgIpc) is 3.14. The third-order valence-corrected chi connectivity index (χ3v) is 3.37. The Kier molecular flexibility index (Phi) is 3.64. The molecule has 2 aromatic heterocycles. The number of amides is 1. The normalized spacial score (nSPS) is 16.5. The summed E-state index contributed by atoms with van der Waals surface area (Å²) in [5.74, 6) is 0.203. The zero-order valence-corrected chi connectivity index (χ0v) is 12.7. The summed E-state index contributed by atoms with van der Waals surface area (Å²) in [6, 6.07) is 3.70. The fourth-order valence-corrected chi connectivity index (χ4v) is 2.36. The highest BCUT2D eigenvalue weighted by Gasteiger charge is 2.26. The average molecular weight is 299 g/mol. The summed E-state index contributed by atoms with van der Waals surface area (Å²) in [6.45, 7) is 2.85. The lowest BCUT2D eigenvalue weighted by Crippen LogP contribution is -2.13. The second-order valence-corrected chi connectivity index (χ2v) is 5.45. The van der Waals surface area contributed by atoms with Gasteiger partial charge in [-0.15, -0.1) is 0 Å². The Hall–Kier alpha value is -2.67. The predicted octanol–water partition coefficient (Wildman–Crippen LogP) is 1.29. The number of nitrogens with zero attached hydrogens (tertiary/aromatic N) is 3. The minimum atomic E-state index is -0.257. The van der Waals surface area contributed by atoms with Gasteiger partial charge in [0.1, 0.15) is 5.71 Å². The van der Waals surface area contributed by atoms with Gasteiger partial charge in [0.15, 0.2) is 5.76 Å². The first kappa shape index (κ1) is 14.3. The first-order valence-electron chi connectivity index (χ1n) is 6.89. The smallest absolute Gasteiger partial charge is 0.273 e. The summed E-state index contributed by atoms with van der Waals surface area (Å²) in [6.07, 6.45) is 3.29. The van der Waals surface area contributed by atoms with E-state index >= 15 is 0 Å². The number of aryl methyl sites for hydroxylation is 1. The van der Waals surface area contributed by atoms with Crippen LogP contribution in [0, 0.1) is 6.92 Å². The van der Waals surface area contributed by atoms with Crippen LogP contribution < -0.4 is 5.43 Å². The van der Waals surface area contributed by atoms with E-state index in [9.17, 15) is 4.79 Å². The molecule has 0 unspecified atom stereocenters. The van der Waals surface area contributed by atoms with Crippen LogP contribution in [0.1, 0.15) is 22.7 Å². The maximum atomic E-state index is 12.0. The number of rotatable bonds is 4. The van der Waals surface area contributed by atoms with E-state index in [4.69, 9.17) is 4.52 Å². The Morgan fingerprint density at radius 2 is 2.23 bits per heavy atom. The number of hydrogen-bond acceptors (Lipinski definition) is 5. The van der Waals surface area contributed by atoms with Crippen LogP contribution >= 0.6 is 0 Å². The number of nitrogens with one attached hydrogen (secondary N) is 2. The van der Waals surface area contributed by atoms with Crippen molar-refractivity contribution in [2.24, 2.45) is 5.10 Å². The lowest BCUT2D eigenvalue weighted by atomic mass is 10.1. The van der Waals surface area contributed by atoms with E-state index < -0.39 is 0 Å². The van der Waals surface area contributed by atoms with Gasteiger partial charge in [-0.2, -0.15) is 5.10 Å². The molecule has 0 atom stereocenters. The Labute approximate surface area is 127 Å². The van der Waals surface area contributed by atoms with Crippen LogP contribution in [0.25, 0.3) is 6.08 Å². The minimum Gasteiger partial charge on any atom is -0.359 e. The molecule has 1 aliphatic heterocycles. The van der Waals surface area contributed by atoms with Crippen molar-refractivity contribution in [3.8, 4) is 0 Å². The Morgan fingerprint density at radius 3 is 2.91 bits per heavy atom. The molecule has 0 bridgehead atoms. The van der Waals surface area contributed by atoms with E-state index in [0.29, 0.717) is 17.0 Å². The topological polar surface area (TPSA) is 86.5 Å². The highest BCUT2D eigenvalue weighted by molar-refractivity contribution is 6.32. The molecule has 0 aliphatic carbocycles. The van der Waals surface area contributed by atoms with Gasteiger partial charge in [-0.3, -0.25) is 4.79 Å². The van der Waals surface area contributed by atoms with E-state index in [2.05, 4.69) is 25.6 Å². The van der Waals surface area contributed by atoms with Gasteiger partial charge in [0, 0.05) is 24.0 Å². The quantitative estimate of drug-likeness (QED) is 0.833. The van der Waals surface area contributed by atoms with Crippen LogP contribution in [0.4, 0.5) is 0 Å². The molecule has 0 radical (unpaired) electrons. The van der Waals surface area contributed by atoms with Gasteiger partial charge in [-0.05, 0) is 38.7 Å². The largest absolute Gasteiger partial charge is 0.359 e. The van der Waals surface area contributed by atoms with Gasteiger partial charge < -0.3 is 14.4 Å². The molecule has 2 N–H and O–H groups in total. The monoisotopic (exact) mass is 299 g/mol. The van der Waals surface area contributed by atoms with E-state index in [1.54, 1.807) is 12.1 Å². The number of hydrogen-bond donors (Lipinski definition) is 2. The third-order valence-electron chi connectivity index (χ3n) is 3.37. The molecule has 0 fully saturated rings. The number of aromatic nitrogens is 2. The van der Waals surface area contributed by atoms with Crippen LogP contribution in [0.2, 0.25) is 0 Å². The molecule has 2 aromatic rings. The molecule has 22 heavy (non-hydrogen) atoms. The minimum absolute atomic E-state index is 0.257. The Morgan fingerprint density at radius 1 is 1.41 bits per heavy atom. The van der Waals surface area contributed by atoms with Gasteiger partial charge in [0.2, 0.25) is 0 Å². The lowest BCUT2D eigenvalue weighted by Gasteiger charge is -2.07. The van der Waals surface area contributed by atoms with Crippen molar-refractivity contribution in [1.82, 2.24) is 20.5 Å². The first-order valence-corrected chi connectivity index (χ1v) is 6.89. The van der Waals surface area contributed by atoms with Crippen LogP contribution in [0.5, 0.6) is 0 Å². The van der Waals surface area contributed by atoms with Gasteiger partial charge in [0.05, 0.1) is 11.8 Å². The van der Waals surface area contributed by atoms with Crippen LogP contribution in [-0.2, 0) is 11.3 Å². The SMILES string of the molecule is Cc1[nH]c(C=C2C(=O)NN=C2c2ccno2)cc1CN(C)C. The molecule has 1 amide bonds. The van der Waals surface area contributed by atoms with Crippen molar-refractivity contribution in [3.05, 3.63) is 46.6 Å². The van der Waals surface area contributed by atoms with Crippen molar-refractivity contribution in [3.63, 3.8) is 0 Å². The molecule has 0 saturated heterocycles. The van der Waals surface area contributed by atoms with Crippen LogP contribution in [0.15, 0.2) is 33.5 Å². The zero-order valence-electron chi connectivity index (χ0n) is 12.7. The summed E-state index contributed by atoms with van der Waals surface area (Å²) in [5, 5.41) is 7.66. The van der Waals surface area contributed by atoms with Crippen molar-refractivity contribution < 1.29 is 9.32 Å². The Bertz CT molecular complexity index is 753. The summed E-state index contributed by atoms with van der Waals surface area (Å²) in [5.41, 5.74) is 6.49. The van der Waals surface area contributed by atoms with Crippen LogP contribution in [0.3, 0.4) is 0 Å². The van der Waals surface area contributed by atoms with Gasteiger partial charge in [0.25, 0.3) is 5.91 Å². The number of aromatic amines is 1. The van der Waals surface area contributed by atoms with Crippen molar-refractivity contribution in [2.75, 3.05) is 14.1 Å². The molecule has 114 valence electrons. The molecule has 1 aliphatic rings.